The van der Waals surface area contributed by atoms with E-state index in [1.165, 1.54) is 24.8 Å². The van der Waals surface area contributed by atoms with Gasteiger partial charge < -0.3 is 9.30 Å². The first kappa shape index (κ1) is 16.5. The van der Waals surface area contributed by atoms with Crippen LogP contribution >= 0.6 is 0 Å². The van der Waals surface area contributed by atoms with Gasteiger partial charge >= 0.3 is 0 Å². The van der Waals surface area contributed by atoms with Crippen molar-refractivity contribution in [2.24, 2.45) is 0 Å². The quantitative estimate of drug-likeness (QED) is 0.601. The lowest BCUT2D eigenvalue weighted by Gasteiger charge is -2.15. The van der Waals surface area contributed by atoms with Gasteiger partial charge in [0.25, 0.3) is 0 Å². The van der Waals surface area contributed by atoms with Gasteiger partial charge in [0.05, 0.1) is 19.0 Å². The summed E-state index contributed by atoms with van der Waals surface area (Å²) in [6, 6.07) is 10.3. The zero-order valence-corrected chi connectivity index (χ0v) is 13.4. The summed E-state index contributed by atoms with van der Waals surface area (Å²) >= 11 is 0. The molecule has 0 amide bonds. The summed E-state index contributed by atoms with van der Waals surface area (Å²) < 4.78 is 8.11. The van der Waals surface area contributed by atoms with E-state index in [4.69, 9.17) is 4.74 Å². The Hall–Kier alpha value is -1.87. The first-order chi connectivity index (χ1) is 10.9. The van der Waals surface area contributed by atoms with E-state index in [1.54, 1.807) is 6.20 Å². The van der Waals surface area contributed by atoms with Crippen molar-refractivity contribution in [1.29, 1.82) is 0 Å². The molecule has 0 saturated heterocycles. The highest BCUT2D eigenvalue weighted by Crippen LogP contribution is 2.08. The second kappa shape index (κ2) is 9.96. The molecule has 0 radical (unpaired) electrons. The van der Waals surface area contributed by atoms with Crippen LogP contribution < -0.4 is 0 Å². The molecule has 22 heavy (non-hydrogen) atoms. The first-order valence-electron chi connectivity index (χ1n) is 8.19. The summed E-state index contributed by atoms with van der Waals surface area (Å²) in [5.41, 5.74) is 1.20. The van der Waals surface area contributed by atoms with Gasteiger partial charge in [-0.25, -0.2) is 4.98 Å². The highest BCUT2D eigenvalue weighted by atomic mass is 16.5. The molecule has 1 aromatic carbocycles. The van der Waals surface area contributed by atoms with Crippen LogP contribution in [0.25, 0.3) is 6.08 Å². The third-order valence-corrected chi connectivity index (χ3v) is 3.58. The lowest BCUT2D eigenvalue weighted by atomic mass is 10.2. The Morgan fingerprint density at radius 1 is 1.18 bits per heavy atom. The molecule has 1 heterocycles. The van der Waals surface area contributed by atoms with E-state index in [9.17, 15) is 0 Å². The van der Waals surface area contributed by atoms with Gasteiger partial charge in [0.1, 0.15) is 0 Å². The minimum absolute atomic E-state index is 0.0797. The van der Waals surface area contributed by atoms with Crippen LogP contribution in [0.1, 0.15) is 38.2 Å². The van der Waals surface area contributed by atoms with Gasteiger partial charge in [0.2, 0.25) is 0 Å². The predicted molar refractivity (Wildman–Crippen MR) is 91.6 cm³/mol. The monoisotopic (exact) mass is 298 g/mol. The van der Waals surface area contributed by atoms with Crippen LogP contribution in [0.5, 0.6) is 0 Å². The van der Waals surface area contributed by atoms with Gasteiger partial charge in [-0.05, 0) is 12.0 Å². The predicted octanol–water partition coefficient (Wildman–Crippen LogP) is 4.56. The van der Waals surface area contributed by atoms with E-state index >= 15 is 0 Å². The minimum Gasteiger partial charge on any atom is -0.372 e. The fourth-order valence-electron chi connectivity index (χ4n) is 2.32. The molecule has 0 fully saturated rings. The van der Waals surface area contributed by atoms with Crippen molar-refractivity contribution in [3.63, 3.8) is 0 Å². The highest BCUT2D eigenvalue weighted by molar-refractivity contribution is 5.49. The molecule has 3 nitrogen and oxygen atoms in total. The topological polar surface area (TPSA) is 27.1 Å². The van der Waals surface area contributed by atoms with Crippen molar-refractivity contribution in [2.45, 2.75) is 45.3 Å². The lowest BCUT2D eigenvalue weighted by Crippen LogP contribution is -2.17. The van der Waals surface area contributed by atoms with Gasteiger partial charge in [0.15, 0.2) is 0 Å². The normalized spacial score (nSPS) is 12.8. The number of rotatable bonds is 10. The van der Waals surface area contributed by atoms with Crippen LogP contribution in [-0.4, -0.2) is 22.3 Å². The first-order valence-corrected chi connectivity index (χ1v) is 8.19. The maximum absolute atomic E-state index is 6.05. The fourth-order valence-corrected chi connectivity index (χ4v) is 2.32. The van der Waals surface area contributed by atoms with Gasteiger partial charge in [-0.2, -0.15) is 0 Å². The molecule has 0 aliphatic rings. The SMILES string of the molecule is CCCCCCOC(C=Cc1ccccc1)Cn1ccnc1. The van der Waals surface area contributed by atoms with Crippen LogP contribution in [0.15, 0.2) is 55.1 Å². The minimum atomic E-state index is 0.0797. The Morgan fingerprint density at radius 3 is 2.77 bits per heavy atom. The maximum Gasteiger partial charge on any atom is 0.0946 e. The van der Waals surface area contributed by atoms with E-state index in [1.807, 2.05) is 18.6 Å². The number of aromatic nitrogens is 2. The van der Waals surface area contributed by atoms with Crippen molar-refractivity contribution < 1.29 is 4.74 Å². The average Bonchev–Trinajstić information content (AvgIpc) is 3.06. The third kappa shape index (κ3) is 6.27. The fraction of sp³-hybridized carbons (Fsp3) is 0.421. The summed E-state index contributed by atoms with van der Waals surface area (Å²) in [7, 11) is 0. The Bertz CT molecular complexity index is 520. The maximum atomic E-state index is 6.05. The van der Waals surface area contributed by atoms with E-state index in [2.05, 4.69) is 52.9 Å². The number of benzene rings is 1. The molecule has 0 aliphatic carbocycles. The van der Waals surface area contributed by atoms with Crippen molar-refractivity contribution in [3.05, 3.63) is 60.7 Å². The number of imidazole rings is 1. The van der Waals surface area contributed by atoms with E-state index in [-0.39, 0.29) is 6.10 Å². The number of ether oxygens (including phenoxy) is 1. The van der Waals surface area contributed by atoms with E-state index < -0.39 is 0 Å². The smallest absolute Gasteiger partial charge is 0.0946 e. The van der Waals surface area contributed by atoms with Gasteiger partial charge in [-0.1, -0.05) is 68.7 Å². The van der Waals surface area contributed by atoms with E-state index in [0.717, 1.165) is 19.6 Å². The summed E-state index contributed by atoms with van der Waals surface area (Å²) in [5, 5.41) is 0. The second-order valence-electron chi connectivity index (χ2n) is 5.50. The largest absolute Gasteiger partial charge is 0.372 e. The number of hydrogen-bond acceptors (Lipinski definition) is 2. The number of hydrogen-bond donors (Lipinski definition) is 0. The van der Waals surface area contributed by atoms with Crippen LogP contribution in [0, 0.1) is 0 Å². The summed E-state index contributed by atoms with van der Waals surface area (Å²) in [5.74, 6) is 0. The molecule has 3 heteroatoms. The van der Waals surface area contributed by atoms with Crippen molar-refractivity contribution in [1.82, 2.24) is 9.55 Å². The molecular weight excluding hydrogens is 272 g/mol. The molecule has 0 bridgehead atoms. The van der Waals surface area contributed by atoms with Crippen LogP contribution in [0.3, 0.4) is 0 Å². The standard InChI is InChI=1S/C19H26N2O/c1-2-3-4-8-15-22-19(16-21-14-13-20-17-21)12-11-18-9-6-5-7-10-18/h5-7,9-14,17,19H,2-4,8,15-16H2,1H3. The van der Waals surface area contributed by atoms with Gasteiger partial charge in [0, 0.05) is 19.0 Å². The molecule has 118 valence electrons. The zero-order valence-electron chi connectivity index (χ0n) is 13.4. The summed E-state index contributed by atoms with van der Waals surface area (Å²) in [6.07, 6.45) is 14.9. The summed E-state index contributed by atoms with van der Waals surface area (Å²) in [4.78, 5) is 4.10. The highest BCUT2D eigenvalue weighted by Gasteiger charge is 2.06. The Kier molecular flexibility index (Phi) is 7.47. The Balaban J connectivity index is 1.87. The van der Waals surface area contributed by atoms with E-state index in [0.29, 0.717) is 0 Å². The molecule has 0 aliphatic heterocycles. The lowest BCUT2D eigenvalue weighted by molar-refractivity contribution is 0.0710. The molecule has 1 atom stereocenters. The van der Waals surface area contributed by atoms with Crippen molar-refractivity contribution >= 4 is 6.08 Å². The molecule has 1 aromatic heterocycles. The third-order valence-electron chi connectivity index (χ3n) is 3.58. The van der Waals surface area contributed by atoms with Gasteiger partial charge in [-0.15, -0.1) is 0 Å². The molecule has 2 rings (SSSR count). The van der Waals surface area contributed by atoms with Crippen LogP contribution in [0.4, 0.5) is 0 Å². The molecule has 2 aromatic rings. The summed E-state index contributed by atoms with van der Waals surface area (Å²) in [6.45, 7) is 3.85. The van der Waals surface area contributed by atoms with Crippen LogP contribution in [-0.2, 0) is 11.3 Å². The average molecular weight is 298 g/mol. The molecule has 0 N–H and O–H groups in total. The van der Waals surface area contributed by atoms with Crippen LogP contribution in [0.2, 0.25) is 0 Å². The number of unbranched alkanes of at least 4 members (excludes halogenated alkanes) is 3. The molecule has 1 unspecified atom stereocenters. The molecule has 0 spiro atoms. The molecular formula is C19H26N2O. The van der Waals surface area contributed by atoms with Gasteiger partial charge in [-0.3, -0.25) is 0 Å². The van der Waals surface area contributed by atoms with Crippen molar-refractivity contribution in [3.8, 4) is 0 Å². The second-order valence-corrected chi connectivity index (χ2v) is 5.50. The zero-order chi connectivity index (χ0) is 15.5. The Labute approximate surface area is 133 Å². The Morgan fingerprint density at radius 2 is 2.05 bits per heavy atom. The molecule has 0 saturated carbocycles. The number of nitrogens with zero attached hydrogens (tertiary/aromatic N) is 2. The van der Waals surface area contributed by atoms with Crippen molar-refractivity contribution in [2.75, 3.05) is 6.61 Å².